The maximum absolute atomic E-state index is 12.9. The van der Waals surface area contributed by atoms with Gasteiger partial charge in [-0.1, -0.05) is 361 Å². The number of likely N-dealkylation sites (N-methyl/N-ethyl adjacent to an activating group) is 1. The summed E-state index contributed by atoms with van der Waals surface area (Å²) < 4.78 is 34.4. The van der Waals surface area contributed by atoms with Gasteiger partial charge in [0, 0.05) is 12.8 Å². The van der Waals surface area contributed by atoms with Crippen LogP contribution in [0.25, 0.3) is 0 Å². The van der Waals surface area contributed by atoms with Crippen LogP contribution in [-0.4, -0.2) is 70.0 Å². The predicted octanol–water partition coefficient (Wildman–Crippen LogP) is 22.3. The SMILES string of the molecule is CCCCCCCCCCCCCCCCCCCCCCCCCCCCCCC(=O)OC[C@H](COP(=O)([O-])OCC[N+](C)(C)C)OC(=O)CCCCCCCCCCCCCCCCCCCCCCCCCCCCCC. The molecule has 0 aliphatic rings. The molecule has 10 heteroatoms. The van der Waals surface area contributed by atoms with Crippen LogP contribution in [0.5, 0.6) is 0 Å². The Balaban J connectivity index is 3.96. The Morgan fingerprint density at radius 2 is 0.562 bits per heavy atom. The molecule has 0 rings (SSSR count). The van der Waals surface area contributed by atoms with Crippen LogP contribution in [0.4, 0.5) is 0 Å². The zero-order valence-electron chi connectivity index (χ0n) is 54.6. The van der Waals surface area contributed by atoms with E-state index in [2.05, 4.69) is 13.8 Å². The third-order valence-electron chi connectivity index (χ3n) is 16.6. The molecule has 1 unspecified atom stereocenters. The van der Waals surface area contributed by atoms with Crippen molar-refractivity contribution in [2.24, 2.45) is 0 Å². The van der Waals surface area contributed by atoms with E-state index in [0.29, 0.717) is 17.4 Å². The van der Waals surface area contributed by atoms with E-state index in [-0.39, 0.29) is 32.0 Å². The van der Waals surface area contributed by atoms with E-state index in [9.17, 15) is 19.0 Å². The van der Waals surface area contributed by atoms with Gasteiger partial charge in [-0.3, -0.25) is 14.2 Å². The van der Waals surface area contributed by atoms with Gasteiger partial charge in [0.2, 0.25) is 0 Å². The standard InChI is InChI=1S/C70H140NO8P/c1-6-8-10-12-14-16-18-20-22-24-26-28-30-32-34-36-38-40-42-44-46-48-50-52-54-56-58-60-62-69(72)76-66-68(67-78-80(74,75)77-65-64-71(3,4)5)79-70(73)63-61-59-57-55-53-51-49-47-45-43-41-39-37-35-33-31-29-27-25-23-21-19-17-15-13-11-9-7-2/h68H,6-67H2,1-5H3/t68-/m1/s1. The number of quaternary nitrogens is 1. The van der Waals surface area contributed by atoms with Gasteiger partial charge in [-0.25, -0.2) is 0 Å². The molecule has 0 aromatic carbocycles. The lowest BCUT2D eigenvalue weighted by Gasteiger charge is -2.28. The zero-order valence-corrected chi connectivity index (χ0v) is 55.5. The van der Waals surface area contributed by atoms with Crippen molar-refractivity contribution in [1.82, 2.24) is 0 Å². The summed E-state index contributed by atoms with van der Waals surface area (Å²) in [5.74, 6) is -0.803. The summed E-state index contributed by atoms with van der Waals surface area (Å²) in [4.78, 5) is 38.1. The molecule has 0 radical (unpaired) electrons. The van der Waals surface area contributed by atoms with E-state index in [4.69, 9.17) is 18.5 Å². The fourth-order valence-corrected chi connectivity index (χ4v) is 11.9. The van der Waals surface area contributed by atoms with Crippen LogP contribution in [0.3, 0.4) is 0 Å². The van der Waals surface area contributed by atoms with Crippen LogP contribution in [-0.2, 0) is 32.7 Å². The summed E-state index contributed by atoms with van der Waals surface area (Å²) in [5.41, 5.74) is 0. The summed E-state index contributed by atoms with van der Waals surface area (Å²) in [6.45, 7) is 4.34. The first-order valence-corrected chi connectivity index (χ1v) is 37.2. The van der Waals surface area contributed by atoms with Crippen molar-refractivity contribution in [2.75, 3.05) is 47.5 Å². The number of carbonyl (C=O) groups excluding carboxylic acids is 2. The molecule has 0 aliphatic carbocycles. The third-order valence-corrected chi connectivity index (χ3v) is 17.6. The van der Waals surface area contributed by atoms with Crippen molar-refractivity contribution >= 4 is 19.8 Å². The predicted molar refractivity (Wildman–Crippen MR) is 342 cm³/mol. The largest absolute Gasteiger partial charge is 0.756 e. The molecule has 0 aromatic heterocycles. The van der Waals surface area contributed by atoms with Gasteiger partial charge in [0.25, 0.3) is 7.82 Å². The van der Waals surface area contributed by atoms with Crippen molar-refractivity contribution in [3.63, 3.8) is 0 Å². The molecule has 478 valence electrons. The molecule has 80 heavy (non-hydrogen) atoms. The first kappa shape index (κ1) is 79.0. The number of carbonyl (C=O) groups is 2. The average Bonchev–Trinajstić information content (AvgIpc) is 3.42. The topological polar surface area (TPSA) is 111 Å². The fraction of sp³-hybridized carbons (Fsp3) is 0.971. The number of ether oxygens (including phenoxy) is 2. The minimum Gasteiger partial charge on any atom is -0.756 e. The Kier molecular flexibility index (Phi) is 61.8. The van der Waals surface area contributed by atoms with E-state index >= 15 is 0 Å². The summed E-state index contributed by atoms with van der Waals surface area (Å²) in [5, 5.41) is 0. The highest BCUT2D eigenvalue weighted by Gasteiger charge is 2.22. The minimum atomic E-state index is -4.63. The van der Waals surface area contributed by atoms with Crippen LogP contribution >= 0.6 is 7.82 Å². The highest BCUT2D eigenvalue weighted by atomic mass is 31.2. The fourth-order valence-electron chi connectivity index (χ4n) is 11.1. The second kappa shape index (κ2) is 62.5. The maximum Gasteiger partial charge on any atom is 0.306 e. The normalized spacial score (nSPS) is 13.0. The lowest BCUT2D eigenvalue weighted by atomic mass is 10.0. The third kappa shape index (κ3) is 66.2. The number of phosphoric ester groups is 1. The molecular formula is C70H140NO8P. The Labute approximate surface area is 499 Å². The van der Waals surface area contributed by atoms with E-state index in [1.54, 1.807) is 0 Å². The molecule has 0 saturated carbocycles. The maximum atomic E-state index is 12.9. The van der Waals surface area contributed by atoms with Crippen LogP contribution < -0.4 is 4.89 Å². The van der Waals surface area contributed by atoms with Gasteiger partial charge in [0.15, 0.2) is 6.10 Å². The number of nitrogens with zero attached hydrogens (tertiary/aromatic N) is 1. The minimum absolute atomic E-state index is 0.0248. The second-order valence-corrected chi connectivity index (χ2v) is 27.4. The van der Waals surface area contributed by atoms with Gasteiger partial charge >= 0.3 is 11.9 Å². The quantitative estimate of drug-likeness (QED) is 0.0256. The monoisotopic (exact) mass is 1150 g/mol. The van der Waals surface area contributed by atoms with E-state index < -0.39 is 26.5 Å². The number of hydrogen-bond donors (Lipinski definition) is 0. The van der Waals surface area contributed by atoms with Crippen molar-refractivity contribution in [3.8, 4) is 0 Å². The molecule has 0 aliphatic heterocycles. The Hall–Kier alpha value is -0.990. The van der Waals surface area contributed by atoms with Crippen LogP contribution in [0, 0.1) is 0 Å². The van der Waals surface area contributed by atoms with Crippen molar-refractivity contribution in [2.45, 2.75) is 392 Å². The summed E-state index contributed by atoms with van der Waals surface area (Å²) in [6, 6.07) is 0. The first-order valence-electron chi connectivity index (χ1n) is 35.7. The van der Waals surface area contributed by atoms with Gasteiger partial charge < -0.3 is 27.9 Å². The van der Waals surface area contributed by atoms with Crippen LogP contribution in [0.1, 0.15) is 386 Å². The Bertz CT molecular complexity index is 1310. The van der Waals surface area contributed by atoms with E-state index in [0.717, 1.165) is 32.1 Å². The van der Waals surface area contributed by atoms with Gasteiger partial charge in [-0.15, -0.1) is 0 Å². The van der Waals surface area contributed by atoms with Crippen molar-refractivity contribution in [3.05, 3.63) is 0 Å². The van der Waals surface area contributed by atoms with Gasteiger partial charge in [-0.05, 0) is 12.8 Å². The smallest absolute Gasteiger partial charge is 0.306 e. The van der Waals surface area contributed by atoms with Gasteiger partial charge in [-0.2, -0.15) is 0 Å². The number of unbranched alkanes of at least 4 members (excludes halogenated alkanes) is 54. The Morgan fingerprint density at radius 3 is 0.800 bits per heavy atom. The van der Waals surface area contributed by atoms with Crippen molar-refractivity contribution in [1.29, 1.82) is 0 Å². The molecule has 0 bridgehead atoms. The second-order valence-electron chi connectivity index (χ2n) is 26.0. The molecule has 2 atom stereocenters. The number of hydrogen-bond acceptors (Lipinski definition) is 8. The first-order chi connectivity index (χ1) is 39.0. The molecule has 0 fully saturated rings. The van der Waals surface area contributed by atoms with Crippen molar-refractivity contribution < 1.29 is 42.1 Å². The molecular weight excluding hydrogens is 1010 g/mol. The molecule has 0 N–H and O–H groups in total. The van der Waals surface area contributed by atoms with E-state index in [1.807, 2.05) is 21.1 Å². The van der Waals surface area contributed by atoms with Gasteiger partial charge in [0.05, 0.1) is 27.7 Å². The Morgan fingerprint density at radius 1 is 0.338 bits per heavy atom. The van der Waals surface area contributed by atoms with Crippen LogP contribution in [0.2, 0.25) is 0 Å². The summed E-state index contributed by atoms with van der Waals surface area (Å²) >= 11 is 0. The van der Waals surface area contributed by atoms with Crippen LogP contribution in [0.15, 0.2) is 0 Å². The number of esters is 2. The van der Waals surface area contributed by atoms with Gasteiger partial charge in [0.1, 0.15) is 19.8 Å². The summed E-state index contributed by atoms with van der Waals surface area (Å²) in [7, 11) is 1.20. The molecule has 0 amide bonds. The molecule has 9 nitrogen and oxygen atoms in total. The lowest BCUT2D eigenvalue weighted by molar-refractivity contribution is -0.870. The molecule has 0 spiro atoms. The molecule has 0 saturated heterocycles. The molecule has 0 heterocycles. The highest BCUT2D eigenvalue weighted by molar-refractivity contribution is 7.45. The van der Waals surface area contributed by atoms with E-state index in [1.165, 1.54) is 321 Å². The number of phosphoric acid groups is 1. The lowest BCUT2D eigenvalue weighted by Crippen LogP contribution is -2.37. The number of rotatable bonds is 68. The highest BCUT2D eigenvalue weighted by Crippen LogP contribution is 2.38. The zero-order chi connectivity index (χ0) is 58.4. The molecule has 0 aromatic rings. The average molecular weight is 1150 g/mol. The summed E-state index contributed by atoms with van der Waals surface area (Å²) in [6.07, 6.45) is 74.8.